The summed E-state index contributed by atoms with van der Waals surface area (Å²) >= 11 is 0. The molecule has 0 amide bonds. The Kier molecular flexibility index (Phi) is 6.91. The molecule has 0 saturated carbocycles. The summed E-state index contributed by atoms with van der Waals surface area (Å²) in [6.45, 7) is 8.93. The van der Waals surface area contributed by atoms with Crippen molar-refractivity contribution in [2.24, 2.45) is 0 Å². The number of aryl methyl sites for hydroxylation is 1. The normalized spacial score (nSPS) is 23.6. The number of anilines is 1. The monoisotopic (exact) mass is 276 g/mol. The second-order valence-electron chi connectivity index (χ2n) is 4.55. The Labute approximate surface area is 117 Å². The topological polar surface area (TPSA) is 15.3 Å². The second-order valence-corrected chi connectivity index (χ2v) is 4.55. The number of benzene rings is 1. The zero-order chi connectivity index (χ0) is 10.8. The number of hydrogen-bond acceptors (Lipinski definition) is 2. The quantitative estimate of drug-likeness (QED) is 0.849. The van der Waals surface area contributed by atoms with E-state index in [1.165, 1.54) is 11.3 Å². The van der Waals surface area contributed by atoms with Gasteiger partial charge in [0, 0.05) is 30.9 Å². The van der Waals surface area contributed by atoms with Crippen LogP contribution >= 0.6 is 24.8 Å². The van der Waals surface area contributed by atoms with Crippen molar-refractivity contribution in [1.82, 2.24) is 5.32 Å². The van der Waals surface area contributed by atoms with E-state index in [0.717, 1.165) is 13.1 Å². The fourth-order valence-electron chi connectivity index (χ4n) is 2.46. The third-order valence-electron chi connectivity index (χ3n) is 3.22. The Morgan fingerprint density at radius 2 is 1.59 bits per heavy atom. The molecule has 1 fully saturated rings. The van der Waals surface area contributed by atoms with Gasteiger partial charge in [0.2, 0.25) is 0 Å². The molecule has 1 heterocycles. The van der Waals surface area contributed by atoms with Crippen molar-refractivity contribution in [3.8, 4) is 0 Å². The van der Waals surface area contributed by atoms with Crippen LogP contribution in [0.2, 0.25) is 0 Å². The van der Waals surface area contributed by atoms with Crippen LogP contribution in [0.1, 0.15) is 19.4 Å². The Bertz CT molecular complexity index is 334. The van der Waals surface area contributed by atoms with E-state index in [2.05, 4.69) is 55.3 Å². The Morgan fingerprint density at radius 3 is 2.12 bits per heavy atom. The minimum atomic E-state index is 0. The summed E-state index contributed by atoms with van der Waals surface area (Å²) in [5.41, 5.74) is 2.76. The summed E-state index contributed by atoms with van der Waals surface area (Å²) in [5, 5.41) is 3.46. The first kappa shape index (κ1) is 16.6. The van der Waals surface area contributed by atoms with Gasteiger partial charge in [-0.05, 0) is 32.4 Å². The molecule has 0 bridgehead atoms. The van der Waals surface area contributed by atoms with E-state index >= 15 is 0 Å². The summed E-state index contributed by atoms with van der Waals surface area (Å²) in [7, 11) is 0. The van der Waals surface area contributed by atoms with Crippen LogP contribution in [0.3, 0.4) is 0 Å². The minimum Gasteiger partial charge on any atom is -0.363 e. The van der Waals surface area contributed by atoms with Gasteiger partial charge in [0.1, 0.15) is 0 Å². The van der Waals surface area contributed by atoms with Gasteiger partial charge < -0.3 is 10.2 Å². The molecule has 2 rings (SSSR count). The molecule has 1 N–H and O–H groups in total. The third kappa shape index (κ3) is 3.51. The number of nitrogens with one attached hydrogen (secondary N) is 1. The van der Waals surface area contributed by atoms with Crippen molar-refractivity contribution in [2.75, 3.05) is 18.0 Å². The van der Waals surface area contributed by atoms with Gasteiger partial charge in [0.25, 0.3) is 0 Å². The maximum atomic E-state index is 3.46. The van der Waals surface area contributed by atoms with Crippen LogP contribution in [0.5, 0.6) is 0 Å². The van der Waals surface area contributed by atoms with Crippen molar-refractivity contribution >= 4 is 30.5 Å². The second kappa shape index (κ2) is 7.10. The highest BCUT2D eigenvalue weighted by atomic mass is 35.5. The molecule has 0 spiro atoms. The van der Waals surface area contributed by atoms with Crippen LogP contribution in [0, 0.1) is 6.92 Å². The average Bonchev–Trinajstić information content (AvgIpc) is 2.20. The number of rotatable bonds is 1. The lowest BCUT2D eigenvalue weighted by Gasteiger charge is -2.42. The third-order valence-corrected chi connectivity index (χ3v) is 3.22. The molecule has 2 atom stereocenters. The zero-order valence-corrected chi connectivity index (χ0v) is 12.3. The lowest BCUT2D eigenvalue weighted by Crippen LogP contribution is -2.55. The molecular formula is C13H22Cl2N2. The Balaban J connectivity index is 0.00000128. The van der Waals surface area contributed by atoms with Crippen molar-refractivity contribution in [3.63, 3.8) is 0 Å². The van der Waals surface area contributed by atoms with Gasteiger partial charge in [-0.25, -0.2) is 0 Å². The summed E-state index contributed by atoms with van der Waals surface area (Å²) < 4.78 is 0. The number of hydrogen-bond donors (Lipinski definition) is 1. The molecule has 2 nitrogen and oxygen atoms in total. The van der Waals surface area contributed by atoms with Gasteiger partial charge in [-0.15, -0.1) is 24.8 Å². The van der Waals surface area contributed by atoms with Crippen molar-refractivity contribution < 1.29 is 0 Å². The molecular weight excluding hydrogens is 255 g/mol. The van der Waals surface area contributed by atoms with E-state index in [1.807, 2.05) is 0 Å². The smallest absolute Gasteiger partial charge is 0.0401 e. The predicted molar refractivity (Wildman–Crippen MR) is 79.9 cm³/mol. The highest BCUT2D eigenvalue weighted by molar-refractivity contribution is 5.85. The summed E-state index contributed by atoms with van der Waals surface area (Å²) in [4.78, 5) is 2.53. The molecule has 2 unspecified atom stereocenters. The van der Waals surface area contributed by atoms with Gasteiger partial charge in [-0.3, -0.25) is 0 Å². The molecule has 0 aliphatic carbocycles. The van der Waals surface area contributed by atoms with Crippen molar-refractivity contribution in [2.45, 2.75) is 32.9 Å². The van der Waals surface area contributed by atoms with Gasteiger partial charge in [0.05, 0.1) is 0 Å². The number of para-hydroxylation sites is 1. The molecule has 0 radical (unpaired) electrons. The lowest BCUT2D eigenvalue weighted by molar-refractivity contribution is 0.431. The fourth-order valence-corrected chi connectivity index (χ4v) is 2.46. The fraction of sp³-hybridized carbons (Fsp3) is 0.538. The Hall–Kier alpha value is -0.440. The van der Waals surface area contributed by atoms with Crippen LogP contribution in [0.25, 0.3) is 0 Å². The van der Waals surface area contributed by atoms with Crippen LogP contribution in [-0.4, -0.2) is 25.2 Å². The largest absolute Gasteiger partial charge is 0.363 e. The van der Waals surface area contributed by atoms with Gasteiger partial charge in [-0.1, -0.05) is 18.2 Å². The van der Waals surface area contributed by atoms with Gasteiger partial charge >= 0.3 is 0 Å². The highest BCUT2D eigenvalue weighted by Crippen LogP contribution is 2.25. The SMILES string of the molecule is Cc1ccccc1N1C(C)CNCC1C.Cl.Cl. The first-order valence-corrected chi connectivity index (χ1v) is 5.75. The average molecular weight is 277 g/mol. The molecule has 1 aliphatic heterocycles. The minimum absolute atomic E-state index is 0. The summed E-state index contributed by atoms with van der Waals surface area (Å²) in [6.07, 6.45) is 0. The number of nitrogens with zero attached hydrogens (tertiary/aromatic N) is 1. The molecule has 1 saturated heterocycles. The van der Waals surface area contributed by atoms with Crippen molar-refractivity contribution in [1.29, 1.82) is 0 Å². The van der Waals surface area contributed by atoms with Crippen LogP contribution in [0.4, 0.5) is 5.69 Å². The maximum Gasteiger partial charge on any atom is 0.0401 e. The molecule has 1 aliphatic rings. The number of halogens is 2. The molecule has 98 valence electrons. The van der Waals surface area contributed by atoms with E-state index in [0.29, 0.717) is 12.1 Å². The van der Waals surface area contributed by atoms with Crippen molar-refractivity contribution in [3.05, 3.63) is 29.8 Å². The summed E-state index contributed by atoms with van der Waals surface area (Å²) in [6, 6.07) is 9.81. The van der Waals surface area contributed by atoms with E-state index in [-0.39, 0.29) is 24.8 Å². The molecule has 17 heavy (non-hydrogen) atoms. The zero-order valence-electron chi connectivity index (χ0n) is 10.6. The van der Waals surface area contributed by atoms with E-state index < -0.39 is 0 Å². The highest BCUT2D eigenvalue weighted by Gasteiger charge is 2.25. The van der Waals surface area contributed by atoms with Crippen LogP contribution in [0.15, 0.2) is 24.3 Å². The first-order chi connectivity index (χ1) is 7.20. The number of piperazine rings is 1. The Morgan fingerprint density at radius 1 is 1.06 bits per heavy atom. The standard InChI is InChI=1S/C13H20N2.2ClH/c1-10-6-4-5-7-13(10)15-11(2)8-14-9-12(15)3;;/h4-7,11-12,14H,8-9H2,1-3H3;2*1H. The van der Waals surface area contributed by atoms with E-state index in [9.17, 15) is 0 Å². The molecule has 1 aromatic carbocycles. The predicted octanol–water partition coefficient (Wildman–Crippen LogP) is 3.03. The summed E-state index contributed by atoms with van der Waals surface area (Å²) in [5.74, 6) is 0. The van der Waals surface area contributed by atoms with E-state index in [4.69, 9.17) is 0 Å². The maximum absolute atomic E-state index is 3.46. The van der Waals surface area contributed by atoms with Gasteiger partial charge in [0.15, 0.2) is 0 Å². The van der Waals surface area contributed by atoms with E-state index in [1.54, 1.807) is 0 Å². The molecule has 0 aromatic heterocycles. The molecule has 4 heteroatoms. The molecule has 1 aromatic rings. The van der Waals surface area contributed by atoms with Gasteiger partial charge in [-0.2, -0.15) is 0 Å². The lowest BCUT2D eigenvalue weighted by atomic mass is 10.1. The first-order valence-electron chi connectivity index (χ1n) is 5.75. The van der Waals surface area contributed by atoms with Crippen LogP contribution < -0.4 is 10.2 Å². The van der Waals surface area contributed by atoms with Crippen LogP contribution in [-0.2, 0) is 0 Å².